The van der Waals surface area contributed by atoms with E-state index in [0.29, 0.717) is 22.8 Å². The van der Waals surface area contributed by atoms with Crippen LogP contribution in [-0.4, -0.2) is 26.5 Å². The molecule has 0 amide bonds. The highest BCUT2D eigenvalue weighted by Gasteiger charge is 2.39. The van der Waals surface area contributed by atoms with Crippen molar-refractivity contribution in [2.75, 3.05) is 25.8 Å². The molecule has 6 heteroatoms. The number of cyclic esters (lactones) is 1. The summed E-state index contributed by atoms with van der Waals surface area (Å²) in [6.07, 6.45) is 0. The standard InChI is InChI=1S/C19H15NO5/c1-22-14-6-10(7-15-18(14)25-9-24-15)16-11-4-2-3-5-12(11)20-13-8-23-19(21)17(13)16/h2-7,16,20H,8-9H2,1H3/t16-/m1/s1. The third kappa shape index (κ3) is 2.00. The van der Waals surface area contributed by atoms with Crippen molar-refractivity contribution in [1.82, 2.24) is 0 Å². The van der Waals surface area contributed by atoms with Gasteiger partial charge < -0.3 is 24.3 Å². The fraction of sp³-hybridized carbons (Fsp3) is 0.211. The zero-order valence-corrected chi connectivity index (χ0v) is 13.5. The Morgan fingerprint density at radius 3 is 2.92 bits per heavy atom. The number of hydrogen-bond acceptors (Lipinski definition) is 6. The van der Waals surface area contributed by atoms with Gasteiger partial charge in [0.05, 0.1) is 18.4 Å². The third-order valence-corrected chi connectivity index (χ3v) is 4.75. The highest BCUT2D eigenvalue weighted by atomic mass is 16.7. The number of hydrogen-bond donors (Lipinski definition) is 1. The van der Waals surface area contributed by atoms with Gasteiger partial charge in [0.2, 0.25) is 12.5 Å². The van der Waals surface area contributed by atoms with Crippen LogP contribution in [0.2, 0.25) is 0 Å². The third-order valence-electron chi connectivity index (χ3n) is 4.75. The molecule has 0 unspecified atom stereocenters. The van der Waals surface area contributed by atoms with Crippen LogP contribution >= 0.6 is 0 Å². The summed E-state index contributed by atoms with van der Waals surface area (Å²) in [7, 11) is 1.59. The first-order valence-corrected chi connectivity index (χ1v) is 8.00. The Balaban J connectivity index is 1.73. The van der Waals surface area contributed by atoms with Crippen molar-refractivity contribution in [2.24, 2.45) is 0 Å². The lowest BCUT2D eigenvalue weighted by Crippen LogP contribution is -2.19. The van der Waals surface area contributed by atoms with Gasteiger partial charge in [-0.3, -0.25) is 0 Å². The average molecular weight is 337 g/mol. The summed E-state index contributed by atoms with van der Waals surface area (Å²) in [5.74, 6) is 1.27. The van der Waals surface area contributed by atoms with Crippen LogP contribution in [0.5, 0.6) is 17.2 Å². The molecule has 5 rings (SSSR count). The zero-order valence-electron chi connectivity index (χ0n) is 13.5. The maximum absolute atomic E-state index is 12.4. The van der Waals surface area contributed by atoms with E-state index >= 15 is 0 Å². The Morgan fingerprint density at radius 1 is 1.16 bits per heavy atom. The Morgan fingerprint density at radius 2 is 2.04 bits per heavy atom. The second kappa shape index (κ2) is 5.17. The summed E-state index contributed by atoms with van der Waals surface area (Å²) in [4.78, 5) is 12.4. The molecule has 126 valence electrons. The predicted octanol–water partition coefficient (Wildman–Crippen LogP) is 2.79. The molecule has 1 N–H and O–H groups in total. The Kier molecular flexibility index (Phi) is 2.94. The minimum absolute atomic E-state index is 0.161. The van der Waals surface area contributed by atoms with E-state index in [-0.39, 0.29) is 25.3 Å². The Hall–Kier alpha value is -3.15. The first-order chi connectivity index (χ1) is 12.3. The van der Waals surface area contributed by atoms with Crippen LogP contribution in [0.4, 0.5) is 5.69 Å². The minimum atomic E-state index is -0.293. The van der Waals surface area contributed by atoms with E-state index in [1.165, 1.54) is 0 Å². The van der Waals surface area contributed by atoms with Crippen LogP contribution in [0.15, 0.2) is 47.7 Å². The molecule has 25 heavy (non-hydrogen) atoms. The van der Waals surface area contributed by atoms with Gasteiger partial charge in [0, 0.05) is 11.6 Å². The molecule has 0 saturated carbocycles. The van der Waals surface area contributed by atoms with Crippen LogP contribution in [0.1, 0.15) is 17.0 Å². The van der Waals surface area contributed by atoms with Crippen molar-refractivity contribution >= 4 is 11.7 Å². The number of para-hydroxylation sites is 1. The summed E-state index contributed by atoms with van der Waals surface area (Å²) in [5.41, 5.74) is 4.34. The monoisotopic (exact) mass is 337 g/mol. The van der Waals surface area contributed by atoms with Crippen LogP contribution in [-0.2, 0) is 9.53 Å². The molecule has 3 aliphatic heterocycles. The first kappa shape index (κ1) is 14.2. The van der Waals surface area contributed by atoms with E-state index in [1.807, 2.05) is 36.4 Å². The molecule has 3 aliphatic rings. The Bertz CT molecular complexity index is 933. The van der Waals surface area contributed by atoms with Gasteiger partial charge >= 0.3 is 5.97 Å². The molecule has 0 radical (unpaired) electrons. The molecule has 2 aromatic rings. The van der Waals surface area contributed by atoms with Crippen LogP contribution in [0.25, 0.3) is 0 Å². The van der Waals surface area contributed by atoms with Gasteiger partial charge in [0.15, 0.2) is 11.5 Å². The van der Waals surface area contributed by atoms with Crippen LogP contribution in [0, 0.1) is 0 Å². The number of ether oxygens (including phenoxy) is 4. The number of anilines is 1. The highest BCUT2D eigenvalue weighted by Crippen LogP contribution is 2.49. The number of nitrogens with one attached hydrogen (secondary N) is 1. The Labute approximate surface area is 144 Å². The van der Waals surface area contributed by atoms with E-state index < -0.39 is 0 Å². The number of carbonyl (C=O) groups is 1. The maximum atomic E-state index is 12.4. The molecular weight excluding hydrogens is 322 g/mol. The number of fused-ring (bicyclic) bond motifs is 2. The van der Waals surface area contributed by atoms with E-state index in [2.05, 4.69) is 5.32 Å². The molecule has 0 fully saturated rings. The molecule has 0 saturated heterocycles. The second-order valence-corrected chi connectivity index (χ2v) is 6.07. The van der Waals surface area contributed by atoms with Crippen molar-refractivity contribution in [3.63, 3.8) is 0 Å². The minimum Gasteiger partial charge on any atom is -0.493 e. The molecule has 1 atom stereocenters. The lowest BCUT2D eigenvalue weighted by atomic mass is 9.81. The van der Waals surface area contributed by atoms with Gasteiger partial charge in [-0.05, 0) is 29.3 Å². The molecule has 0 bridgehead atoms. The fourth-order valence-corrected chi connectivity index (χ4v) is 3.66. The number of rotatable bonds is 2. The summed E-state index contributed by atoms with van der Waals surface area (Å²) in [5, 5.41) is 3.32. The predicted molar refractivity (Wildman–Crippen MR) is 89.0 cm³/mol. The summed E-state index contributed by atoms with van der Waals surface area (Å²) < 4.78 is 21.8. The number of esters is 1. The summed E-state index contributed by atoms with van der Waals surface area (Å²) >= 11 is 0. The smallest absolute Gasteiger partial charge is 0.337 e. The summed E-state index contributed by atoms with van der Waals surface area (Å²) in [6.45, 7) is 0.425. The first-order valence-electron chi connectivity index (χ1n) is 8.00. The molecule has 0 aliphatic carbocycles. The summed E-state index contributed by atoms with van der Waals surface area (Å²) in [6, 6.07) is 11.7. The molecule has 0 aromatic heterocycles. The number of benzene rings is 2. The van der Waals surface area contributed by atoms with Gasteiger partial charge in [0.25, 0.3) is 0 Å². The highest BCUT2D eigenvalue weighted by molar-refractivity contribution is 5.97. The average Bonchev–Trinajstić information content (AvgIpc) is 3.26. The van der Waals surface area contributed by atoms with Crippen LogP contribution < -0.4 is 19.5 Å². The van der Waals surface area contributed by atoms with E-state index in [9.17, 15) is 4.79 Å². The van der Waals surface area contributed by atoms with E-state index in [0.717, 1.165) is 22.5 Å². The quantitative estimate of drug-likeness (QED) is 0.850. The molecular formula is C19H15NO5. The van der Waals surface area contributed by atoms with Crippen molar-refractivity contribution in [2.45, 2.75) is 5.92 Å². The molecule has 6 nitrogen and oxygen atoms in total. The largest absolute Gasteiger partial charge is 0.493 e. The van der Waals surface area contributed by atoms with Gasteiger partial charge in [-0.1, -0.05) is 18.2 Å². The van der Waals surface area contributed by atoms with E-state index in [1.54, 1.807) is 7.11 Å². The zero-order chi connectivity index (χ0) is 17.0. The van der Waals surface area contributed by atoms with Gasteiger partial charge in [-0.15, -0.1) is 0 Å². The second-order valence-electron chi connectivity index (χ2n) is 6.07. The van der Waals surface area contributed by atoms with E-state index in [4.69, 9.17) is 18.9 Å². The lowest BCUT2D eigenvalue weighted by molar-refractivity contribution is -0.136. The molecule has 2 aromatic carbocycles. The number of carbonyl (C=O) groups excluding carboxylic acids is 1. The lowest BCUT2D eigenvalue weighted by Gasteiger charge is -2.27. The fourth-order valence-electron chi connectivity index (χ4n) is 3.66. The molecule has 3 heterocycles. The number of methoxy groups -OCH3 is 1. The van der Waals surface area contributed by atoms with Crippen molar-refractivity contribution in [1.29, 1.82) is 0 Å². The van der Waals surface area contributed by atoms with Crippen molar-refractivity contribution < 1.29 is 23.7 Å². The van der Waals surface area contributed by atoms with Gasteiger partial charge in [-0.25, -0.2) is 4.79 Å². The molecule has 0 spiro atoms. The van der Waals surface area contributed by atoms with Gasteiger partial charge in [-0.2, -0.15) is 0 Å². The van der Waals surface area contributed by atoms with Gasteiger partial charge in [0.1, 0.15) is 6.61 Å². The van der Waals surface area contributed by atoms with Crippen LogP contribution in [0.3, 0.4) is 0 Å². The maximum Gasteiger partial charge on any atom is 0.337 e. The van der Waals surface area contributed by atoms with Crippen molar-refractivity contribution in [3.8, 4) is 17.2 Å². The van der Waals surface area contributed by atoms with Crippen molar-refractivity contribution in [3.05, 3.63) is 58.8 Å². The SMILES string of the molecule is COc1cc([C@H]2C3=C(COC3=O)Nc3ccccc32)cc2c1OCO2. The topological polar surface area (TPSA) is 66.0 Å². The normalized spacial score (nSPS) is 19.9.